The van der Waals surface area contributed by atoms with Gasteiger partial charge in [-0.25, -0.2) is 8.78 Å². The number of amides is 2. The van der Waals surface area contributed by atoms with Crippen molar-refractivity contribution in [1.82, 2.24) is 10.2 Å². The molecule has 1 aromatic carbocycles. The fourth-order valence-corrected chi connectivity index (χ4v) is 4.01. The molecule has 2 aliphatic rings. The highest BCUT2D eigenvalue weighted by atomic mass is 19.2. The molecule has 0 aromatic heterocycles. The van der Waals surface area contributed by atoms with Crippen LogP contribution < -0.4 is 5.32 Å². The van der Waals surface area contributed by atoms with E-state index in [1.807, 2.05) is 0 Å². The summed E-state index contributed by atoms with van der Waals surface area (Å²) in [7, 11) is 0. The second-order valence-electron chi connectivity index (χ2n) is 7.05. The number of carbonyl (C=O) groups excluding carboxylic acids is 2. The van der Waals surface area contributed by atoms with E-state index in [4.69, 9.17) is 0 Å². The number of nitrogens with zero attached hydrogens (tertiary/aromatic N) is 1. The average molecular weight is 352 g/mol. The maximum absolute atomic E-state index is 13.7. The highest BCUT2D eigenvalue weighted by molar-refractivity contribution is 5.79. The van der Waals surface area contributed by atoms with Gasteiger partial charge < -0.3 is 15.3 Å². The zero-order valence-corrected chi connectivity index (χ0v) is 14.0. The molecule has 1 aromatic rings. The maximum atomic E-state index is 13.7. The van der Waals surface area contributed by atoms with Gasteiger partial charge in [-0.05, 0) is 30.7 Å². The molecule has 1 heterocycles. The number of hydrogen-bond acceptors (Lipinski definition) is 3. The van der Waals surface area contributed by atoms with Gasteiger partial charge in [-0.15, -0.1) is 0 Å². The molecule has 7 heteroatoms. The second-order valence-corrected chi connectivity index (χ2v) is 7.05. The molecule has 1 saturated heterocycles. The number of halogens is 2. The topological polar surface area (TPSA) is 69.6 Å². The van der Waals surface area contributed by atoms with Crippen LogP contribution in [0.1, 0.15) is 25.3 Å². The Balaban J connectivity index is 1.63. The van der Waals surface area contributed by atoms with Crippen LogP contribution in [0.4, 0.5) is 8.78 Å². The average Bonchev–Trinajstić information content (AvgIpc) is 2.94. The lowest BCUT2D eigenvalue weighted by atomic mass is 9.77. The molecule has 3 rings (SSSR count). The minimum absolute atomic E-state index is 0.0519. The Kier molecular flexibility index (Phi) is 5.03. The van der Waals surface area contributed by atoms with Crippen LogP contribution in [0, 0.1) is 23.5 Å². The summed E-state index contributed by atoms with van der Waals surface area (Å²) in [4.78, 5) is 25.4. The van der Waals surface area contributed by atoms with E-state index in [2.05, 4.69) is 5.32 Å². The quantitative estimate of drug-likeness (QED) is 0.860. The fourth-order valence-electron chi connectivity index (χ4n) is 4.01. The summed E-state index contributed by atoms with van der Waals surface area (Å²) in [5, 5.41) is 12.9. The first-order valence-corrected chi connectivity index (χ1v) is 8.51. The molecule has 0 unspecified atom stereocenters. The number of aliphatic hydroxyl groups excluding tert-OH is 1. The Morgan fingerprint density at radius 1 is 1.24 bits per heavy atom. The number of carbonyl (C=O) groups is 2. The number of rotatable bonds is 3. The Morgan fingerprint density at radius 3 is 2.60 bits per heavy atom. The normalized spacial score (nSPS) is 28.6. The van der Waals surface area contributed by atoms with Gasteiger partial charge in [-0.2, -0.15) is 0 Å². The van der Waals surface area contributed by atoms with Gasteiger partial charge in [0.2, 0.25) is 11.8 Å². The molecule has 25 heavy (non-hydrogen) atoms. The molecule has 4 atom stereocenters. The number of benzene rings is 1. The third kappa shape index (κ3) is 3.81. The number of fused-ring (bicyclic) bond motifs is 1. The van der Waals surface area contributed by atoms with Crippen molar-refractivity contribution in [3.63, 3.8) is 0 Å². The van der Waals surface area contributed by atoms with E-state index >= 15 is 0 Å². The molecule has 0 spiro atoms. The highest BCUT2D eigenvalue weighted by Crippen LogP contribution is 2.36. The van der Waals surface area contributed by atoms with E-state index in [1.54, 1.807) is 4.90 Å². The summed E-state index contributed by atoms with van der Waals surface area (Å²) >= 11 is 0. The van der Waals surface area contributed by atoms with Gasteiger partial charge >= 0.3 is 0 Å². The van der Waals surface area contributed by atoms with Crippen LogP contribution in [0.15, 0.2) is 18.2 Å². The van der Waals surface area contributed by atoms with Crippen molar-refractivity contribution in [3.05, 3.63) is 35.4 Å². The van der Waals surface area contributed by atoms with Gasteiger partial charge in [0.15, 0.2) is 11.6 Å². The number of hydrogen-bond donors (Lipinski definition) is 2. The lowest BCUT2D eigenvalue weighted by Gasteiger charge is -2.35. The minimum atomic E-state index is -0.978. The van der Waals surface area contributed by atoms with Crippen molar-refractivity contribution in [2.24, 2.45) is 11.8 Å². The smallest absolute Gasteiger partial charge is 0.227 e. The first-order chi connectivity index (χ1) is 11.8. The molecule has 5 nitrogen and oxygen atoms in total. The van der Waals surface area contributed by atoms with E-state index < -0.39 is 17.7 Å². The first-order valence-electron chi connectivity index (χ1n) is 8.51. The number of likely N-dealkylation sites (tertiary alicyclic amines) is 1. The van der Waals surface area contributed by atoms with E-state index in [0.717, 1.165) is 6.07 Å². The van der Waals surface area contributed by atoms with Gasteiger partial charge in [0.05, 0.1) is 18.6 Å². The van der Waals surface area contributed by atoms with Gasteiger partial charge in [0, 0.05) is 25.6 Å². The van der Waals surface area contributed by atoms with E-state index in [1.165, 1.54) is 19.1 Å². The first kappa shape index (κ1) is 17.8. The van der Waals surface area contributed by atoms with Crippen molar-refractivity contribution in [2.45, 2.75) is 38.3 Å². The molecule has 0 radical (unpaired) electrons. The van der Waals surface area contributed by atoms with Gasteiger partial charge in [-0.3, -0.25) is 9.59 Å². The van der Waals surface area contributed by atoms with Crippen molar-refractivity contribution in [2.75, 3.05) is 13.1 Å². The summed E-state index contributed by atoms with van der Waals surface area (Å²) in [6, 6.07) is 3.53. The standard InChI is InChI=1S/C18H22F2N2O3/c1-10(23)21-15-5-12-8-22(9-13(12)6-16(15)24)17(25)7-11-3-2-4-14(19)18(11)20/h2-4,12-13,15-16,24H,5-9H2,1H3,(H,21,23)/t12-,13+,15-,16-/m1/s1. The van der Waals surface area contributed by atoms with Crippen molar-refractivity contribution in [3.8, 4) is 0 Å². The largest absolute Gasteiger partial charge is 0.391 e. The Morgan fingerprint density at radius 2 is 1.92 bits per heavy atom. The molecular formula is C18H22F2N2O3. The zero-order valence-electron chi connectivity index (χ0n) is 14.0. The van der Waals surface area contributed by atoms with Gasteiger partial charge in [0.1, 0.15) is 0 Å². The fraction of sp³-hybridized carbons (Fsp3) is 0.556. The Hall–Kier alpha value is -2.02. The molecule has 2 amide bonds. The zero-order chi connectivity index (χ0) is 18.1. The number of aliphatic hydroxyl groups is 1. The Labute approximate surface area is 145 Å². The lowest BCUT2D eigenvalue weighted by molar-refractivity contribution is -0.129. The molecule has 1 aliphatic carbocycles. The van der Waals surface area contributed by atoms with Crippen LogP contribution in [0.3, 0.4) is 0 Å². The van der Waals surface area contributed by atoms with Crippen molar-refractivity contribution >= 4 is 11.8 Å². The predicted octanol–water partition coefficient (Wildman–Crippen LogP) is 1.24. The predicted molar refractivity (Wildman–Crippen MR) is 86.5 cm³/mol. The molecule has 136 valence electrons. The lowest BCUT2D eigenvalue weighted by Crippen LogP contribution is -2.48. The second kappa shape index (κ2) is 7.07. The van der Waals surface area contributed by atoms with Gasteiger partial charge in [0.25, 0.3) is 0 Å². The summed E-state index contributed by atoms with van der Waals surface area (Å²) in [6.45, 7) is 2.43. The van der Waals surface area contributed by atoms with E-state index in [9.17, 15) is 23.5 Å². The van der Waals surface area contributed by atoms with Crippen molar-refractivity contribution in [1.29, 1.82) is 0 Å². The molecule has 1 saturated carbocycles. The van der Waals surface area contributed by atoms with E-state index in [0.29, 0.717) is 25.9 Å². The molecule has 1 aliphatic heterocycles. The van der Waals surface area contributed by atoms with Crippen LogP contribution in [0.2, 0.25) is 0 Å². The SMILES string of the molecule is CC(=O)N[C@@H]1C[C@@H]2CN(C(=O)Cc3cccc(F)c3F)C[C@@H]2C[C@H]1O. The van der Waals surface area contributed by atoms with Crippen LogP contribution in [-0.2, 0) is 16.0 Å². The van der Waals surface area contributed by atoms with E-state index in [-0.39, 0.29) is 41.7 Å². The van der Waals surface area contributed by atoms with Gasteiger partial charge in [-0.1, -0.05) is 12.1 Å². The summed E-state index contributed by atoms with van der Waals surface area (Å²) in [6.07, 6.45) is 0.332. The third-order valence-corrected chi connectivity index (χ3v) is 5.26. The molecule has 2 fully saturated rings. The van der Waals surface area contributed by atoms with Crippen LogP contribution >= 0.6 is 0 Å². The molecule has 2 N–H and O–H groups in total. The Bertz CT molecular complexity index is 682. The van der Waals surface area contributed by atoms with Crippen LogP contribution in [0.5, 0.6) is 0 Å². The summed E-state index contributed by atoms with van der Waals surface area (Å²) in [5.41, 5.74) is 0.0519. The maximum Gasteiger partial charge on any atom is 0.227 e. The molecule has 0 bridgehead atoms. The summed E-state index contributed by atoms with van der Waals surface area (Å²) in [5.74, 6) is -2.00. The minimum Gasteiger partial charge on any atom is -0.391 e. The molecular weight excluding hydrogens is 330 g/mol. The van der Waals surface area contributed by atoms with Crippen LogP contribution in [-0.4, -0.2) is 47.1 Å². The number of nitrogens with one attached hydrogen (secondary N) is 1. The highest BCUT2D eigenvalue weighted by Gasteiger charge is 2.43. The monoisotopic (exact) mass is 352 g/mol. The third-order valence-electron chi connectivity index (χ3n) is 5.26. The summed E-state index contributed by atoms with van der Waals surface area (Å²) < 4.78 is 27.0. The van der Waals surface area contributed by atoms with Crippen LogP contribution in [0.25, 0.3) is 0 Å². The van der Waals surface area contributed by atoms with Crippen molar-refractivity contribution < 1.29 is 23.5 Å².